The molecule has 19 heavy (non-hydrogen) atoms. The lowest BCUT2D eigenvalue weighted by Gasteiger charge is -2.23. The van der Waals surface area contributed by atoms with Crippen molar-refractivity contribution in [3.05, 3.63) is 23.8 Å². The van der Waals surface area contributed by atoms with E-state index in [1.807, 2.05) is 0 Å². The van der Waals surface area contributed by atoms with Gasteiger partial charge in [-0.25, -0.2) is 8.42 Å². The van der Waals surface area contributed by atoms with E-state index >= 15 is 0 Å². The van der Waals surface area contributed by atoms with Crippen molar-refractivity contribution in [2.75, 3.05) is 6.61 Å². The minimum absolute atomic E-state index is 0.0366. The topological polar surface area (TPSA) is 97.7 Å². The molecule has 0 aromatic heterocycles. The lowest BCUT2D eigenvalue weighted by atomic mass is 9.92. The van der Waals surface area contributed by atoms with Crippen LogP contribution in [-0.4, -0.2) is 31.9 Å². The van der Waals surface area contributed by atoms with E-state index in [1.54, 1.807) is 0 Å². The molecule has 0 amide bonds. The number of hydrogen-bond donors (Lipinski definition) is 1. The van der Waals surface area contributed by atoms with Crippen LogP contribution in [0.4, 0.5) is 0 Å². The Bertz CT molecular complexity index is 651. The second kappa shape index (κ2) is 4.82. The average Bonchev–Trinajstić information content (AvgIpc) is 2.31. The van der Waals surface area contributed by atoms with Crippen molar-refractivity contribution in [1.29, 1.82) is 0 Å². The van der Waals surface area contributed by atoms with Crippen LogP contribution in [0.5, 0.6) is 5.75 Å². The van der Waals surface area contributed by atoms with Crippen LogP contribution in [0.2, 0.25) is 0 Å². The first-order valence-electron chi connectivity index (χ1n) is 5.26. The molecule has 8 heteroatoms. The normalized spacial score (nSPS) is 18.6. The maximum Gasteiger partial charge on any atom is 0.304 e. The Kier molecular flexibility index (Phi) is 3.51. The number of benzene rings is 1. The van der Waals surface area contributed by atoms with Crippen molar-refractivity contribution in [1.82, 2.24) is 0 Å². The van der Waals surface area contributed by atoms with Crippen molar-refractivity contribution in [3.8, 4) is 5.75 Å². The molecule has 0 fully saturated rings. The van der Waals surface area contributed by atoms with Gasteiger partial charge in [0.1, 0.15) is 5.75 Å². The van der Waals surface area contributed by atoms with Gasteiger partial charge in [-0.05, 0) is 18.2 Å². The van der Waals surface area contributed by atoms with Crippen LogP contribution in [0, 0.1) is 5.92 Å². The van der Waals surface area contributed by atoms with E-state index in [0.29, 0.717) is 0 Å². The summed E-state index contributed by atoms with van der Waals surface area (Å²) < 4.78 is 27.7. The lowest BCUT2D eigenvalue weighted by molar-refractivity contribution is -0.138. The van der Waals surface area contributed by atoms with Crippen molar-refractivity contribution >= 4 is 31.5 Å². The number of carbonyl (C=O) groups is 2. The van der Waals surface area contributed by atoms with Gasteiger partial charge in [0, 0.05) is 10.7 Å². The smallest absolute Gasteiger partial charge is 0.304 e. The summed E-state index contributed by atoms with van der Waals surface area (Å²) in [5.74, 6) is -2.16. The third-order valence-corrected chi connectivity index (χ3v) is 4.08. The monoisotopic (exact) mass is 304 g/mol. The average molecular weight is 305 g/mol. The maximum atomic E-state index is 12.1. The van der Waals surface area contributed by atoms with Crippen LogP contribution in [0.15, 0.2) is 23.1 Å². The number of carboxylic acids is 1. The van der Waals surface area contributed by atoms with Gasteiger partial charge in [0.2, 0.25) is 0 Å². The molecular formula is C11H9ClO6S. The third kappa shape index (κ3) is 2.87. The molecule has 0 radical (unpaired) electrons. The summed E-state index contributed by atoms with van der Waals surface area (Å²) in [6, 6.07) is 3.67. The summed E-state index contributed by atoms with van der Waals surface area (Å²) in [7, 11) is 1.24. The summed E-state index contributed by atoms with van der Waals surface area (Å²) in [6.45, 7) is -0.0366. The third-order valence-electron chi connectivity index (χ3n) is 2.73. The Morgan fingerprint density at radius 1 is 1.47 bits per heavy atom. The first-order valence-corrected chi connectivity index (χ1v) is 7.57. The van der Waals surface area contributed by atoms with E-state index in [1.165, 1.54) is 12.1 Å². The first-order chi connectivity index (χ1) is 8.79. The fourth-order valence-corrected chi connectivity index (χ4v) is 2.60. The molecule has 1 aromatic rings. The molecule has 102 valence electrons. The van der Waals surface area contributed by atoms with Gasteiger partial charge in [-0.1, -0.05) is 0 Å². The Hall–Kier alpha value is -1.60. The SMILES string of the molecule is O=C(O)CC1COc2ccc(S(=O)(=O)Cl)cc2C1=O. The number of ether oxygens (including phenoxy) is 1. The number of ketones is 1. The Morgan fingerprint density at radius 2 is 2.16 bits per heavy atom. The van der Waals surface area contributed by atoms with Gasteiger partial charge in [-0.3, -0.25) is 9.59 Å². The van der Waals surface area contributed by atoms with Gasteiger partial charge >= 0.3 is 5.97 Å². The van der Waals surface area contributed by atoms with E-state index in [-0.39, 0.29) is 29.2 Å². The Labute approximate surface area is 113 Å². The number of Topliss-reactive ketones (excluding diaryl/α,β-unsaturated/α-hetero) is 1. The fraction of sp³-hybridized carbons (Fsp3) is 0.273. The van der Waals surface area contributed by atoms with Gasteiger partial charge in [-0.2, -0.15) is 0 Å². The minimum Gasteiger partial charge on any atom is -0.492 e. The quantitative estimate of drug-likeness (QED) is 0.845. The first kappa shape index (κ1) is 13.8. The molecule has 1 aromatic carbocycles. The van der Waals surface area contributed by atoms with E-state index in [9.17, 15) is 18.0 Å². The largest absolute Gasteiger partial charge is 0.492 e. The molecule has 1 atom stereocenters. The van der Waals surface area contributed by atoms with Crippen LogP contribution in [0.3, 0.4) is 0 Å². The molecule has 6 nitrogen and oxygen atoms in total. The summed E-state index contributed by atoms with van der Waals surface area (Å²) >= 11 is 0. The van der Waals surface area contributed by atoms with E-state index < -0.39 is 26.7 Å². The molecule has 1 N–H and O–H groups in total. The minimum atomic E-state index is -3.95. The number of carbonyl (C=O) groups excluding carboxylic acids is 1. The number of hydrogen-bond acceptors (Lipinski definition) is 5. The number of halogens is 1. The summed E-state index contributed by atoms with van der Waals surface area (Å²) in [4.78, 5) is 22.5. The molecule has 1 aliphatic heterocycles. The molecule has 0 aliphatic carbocycles. The zero-order chi connectivity index (χ0) is 14.2. The number of fused-ring (bicyclic) bond motifs is 1. The second-order valence-electron chi connectivity index (χ2n) is 4.07. The molecule has 1 unspecified atom stereocenters. The predicted molar refractivity (Wildman–Crippen MR) is 65.0 cm³/mol. The number of rotatable bonds is 3. The fourth-order valence-electron chi connectivity index (χ4n) is 1.83. The van der Waals surface area contributed by atoms with Crippen molar-refractivity contribution in [3.63, 3.8) is 0 Å². The van der Waals surface area contributed by atoms with Gasteiger partial charge < -0.3 is 9.84 Å². The van der Waals surface area contributed by atoms with Crippen LogP contribution in [0.25, 0.3) is 0 Å². The molecule has 0 saturated heterocycles. The predicted octanol–water partition coefficient (Wildman–Crippen LogP) is 1.28. The molecule has 0 spiro atoms. The highest BCUT2D eigenvalue weighted by Gasteiger charge is 2.31. The highest BCUT2D eigenvalue weighted by Crippen LogP contribution is 2.31. The second-order valence-corrected chi connectivity index (χ2v) is 6.63. The van der Waals surface area contributed by atoms with E-state index in [4.69, 9.17) is 20.5 Å². The summed E-state index contributed by atoms with van der Waals surface area (Å²) in [5, 5.41) is 8.69. The van der Waals surface area contributed by atoms with Crippen molar-refractivity contribution < 1.29 is 27.9 Å². The van der Waals surface area contributed by atoms with Crippen LogP contribution in [0.1, 0.15) is 16.8 Å². The number of aliphatic carboxylic acids is 1. The molecule has 1 heterocycles. The Morgan fingerprint density at radius 3 is 2.74 bits per heavy atom. The van der Waals surface area contributed by atoms with Gasteiger partial charge in [0.15, 0.2) is 5.78 Å². The van der Waals surface area contributed by atoms with E-state index in [0.717, 1.165) is 6.07 Å². The molecule has 1 aliphatic rings. The van der Waals surface area contributed by atoms with Crippen LogP contribution >= 0.6 is 10.7 Å². The molecule has 0 bridgehead atoms. The van der Waals surface area contributed by atoms with Crippen molar-refractivity contribution in [2.24, 2.45) is 5.92 Å². The zero-order valence-corrected chi connectivity index (χ0v) is 11.1. The van der Waals surface area contributed by atoms with Crippen LogP contribution in [-0.2, 0) is 13.8 Å². The number of carboxylic acid groups (broad SMARTS) is 1. The maximum absolute atomic E-state index is 12.1. The van der Waals surface area contributed by atoms with Crippen LogP contribution < -0.4 is 4.74 Å². The molecule has 2 rings (SSSR count). The van der Waals surface area contributed by atoms with Gasteiger partial charge in [-0.15, -0.1) is 0 Å². The van der Waals surface area contributed by atoms with Gasteiger partial charge in [0.25, 0.3) is 9.05 Å². The van der Waals surface area contributed by atoms with Gasteiger partial charge in [0.05, 0.1) is 29.4 Å². The summed E-state index contributed by atoms with van der Waals surface area (Å²) in [5.41, 5.74) is 0.0409. The highest BCUT2D eigenvalue weighted by molar-refractivity contribution is 8.13. The Balaban J connectivity index is 2.41. The lowest BCUT2D eigenvalue weighted by Crippen LogP contribution is -2.29. The van der Waals surface area contributed by atoms with E-state index in [2.05, 4.69) is 0 Å². The molecule has 0 saturated carbocycles. The van der Waals surface area contributed by atoms with Crippen molar-refractivity contribution in [2.45, 2.75) is 11.3 Å². The zero-order valence-electron chi connectivity index (χ0n) is 9.50. The molecular weight excluding hydrogens is 296 g/mol. The standard InChI is InChI=1S/C11H9ClO6S/c12-19(16,17)7-1-2-9-8(4-7)11(15)6(5-18-9)3-10(13)14/h1-2,4,6H,3,5H2,(H,13,14). The summed E-state index contributed by atoms with van der Waals surface area (Å²) in [6.07, 6.45) is -0.365. The highest BCUT2D eigenvalue weighted by atomic mass is 35.7.